The molecule has 0 radical (unpaired) electrons. The van der Waals surface area contributed by atoms with Crippen molar-refractivity contribution in [3.8, 4) is 0 Å². The number of hydrogen-bond acceptors (Lipinski definition) is 25. The van der Waals surface area contributed by atoms with Gasteiger partial charge in [0.2, 0.25) is 0 Å². The molecule has 1 spiro atoms. The molecule has 25 heteroatoms. The van der Waals surface area contributed by atoms with Crippen LogP contribution in [-0.4, -0.2) is 264 Å². The number of aliphatic hydroxyl groups is 14. The summed E-state index contributed by atoms with van der Waals surface area (Å²) in [6.07, 6.45) is -29.8. The molecule has 472 valence electrons. The molecule has 6 aliphatic heterocycles. The van der Waals surface area contributed by atoms with E-state index in [1.54, 1.807) is 0 Å². The second-order valence-electron chi connectivity index (χ2n) is 28.6. The molecular weight excluding hydrogens is 1080 g/mol. The topological polar surface area (TPSA) is 385 Å². The fraction of sp³-hybridized carbons (Fsp3) is 1.00. The average Bonchev–Trinajstić information content (AvgIpc) is 1.28. The highest BCUT2D eigenvalue weighted by Crippen LogP contribution is 2.80. The Morgan fingerprint density at radius 2 is 1.02 bits per heavy atom. The Kier molecular flexibility index (Phi) is 17.2. The van der Waals surface area contributed by atoms with Gasteiger partial charge in [0, 0.05) is 10.8 Å². The van der Waals surface area contributed by atoms with E-state index < -0.39 is 186 Å². The summed E-state index contributed by atoms with van der Waals surface area (Å²) in [7, 11) is 0. The summed E-state index contributed by atoms with van der Waals surface area (Å²) in [6.45, 7) is 13.9. The SMILES string of the molecule is CC1(C)CC[C@]23CO[C@@]4(CC[C@@H]5[C@@]6(C)CC[C@H](O[C@@H]7OC[C@H](O[C@@H]8O[C@H](CO)[C@@H](O[C@@H]9OC[C@@H](O)[C@H](O)[C@H]9O)[C@H](O)[C@H]8O[C@@H]8OC[C@@H](O)[C@H](O)[C@H]8O)[C@H](O)[C@H]7O[C@@H]7O[C@H](CO)[C@@H](O)[C@H](O)[C@H]7O)C(C)(C)[C@@H]6CC[C@@]5(C)[C@]4(C)C[C@H]2O)[C@@H]3C1. The van der Waals surface area contributed by atoms with Crippen molar-refractivity contribution in [2.75, 3.05) is 39.6 Å². The van der Waals surface area contributed by atoms with E-state index in [0.717, 1.165) is 51.4 Å². The molecule has 0 aromatic heterocycles. The normalized spacial score (nSPS) is 57.3. The Morgan fingerprint density at radius 3 is 1.67 bits per heavy atom. The Hall–Kier alpha value is -1.00. The van der Waals surface area contributed by atoms with Crippen LogP contribution in [-0.2, 0) is 52.1 Å². The fourth-order valence-electron chi connectivity index (χ4n) is 18.6. The fourth-order valence-corrected chi connectivity index (χ4v) is 18.6. The lowest BCUT2D eigenvalue weighted by Gasteiger charge is -2.75. The zero-order valence-electron chi connectivity index (χ0n) is 48.2. The van der Waals surface area contributed by atoms with Gasteiger partial charge in [-0.25, -0.2) is 0 Å². The van der Waals surface area contributed by atoms with E-state index in [2.05, 4.69) is 48.5 Å². The highest BCUT2D eigenvalue weighted by molar-refractivity contribution is 5.28. The third-order valence-corrected chi connectivity index (χ3v) is 23.6. The molecule has 11 aliphatic rings. The van der Waals surface area contributed by atoms with Crippen molar-refractivity contribution in [2.45, 2.75) is 266 Å². The first-order valence-electron chi connectivity index (χ1n) is 30.0. The molecule has 11 fully saturated rings. The van der Waals surface area contributed by atoms with Crippen LogP contribution in [0.5, 0.6) is 0 Å². The van der Waals surface area contributed by atoms with Crippen molar-refractivity contribution >= 4 is 0 Å². The first kappa shape index (κ1) is 62.6. The van der Waals surface area contributed by atoms with Crippen LogP contribution >= 0.6 is 0 Å². The Labute approximate surface area is 477 Å². The van der Waals surface area contributed by atoms with Gasteiger partial charge in [0.25, 0.3) is 0 Å². The number of rotatable bonds is 12. The van der Waals surface area contributed by atoms with Crippen LogP contribution in [0.1, 0.15) is 113 Å². The van der Waals surface area contributed by atoms with Gasteiger partial charge in [0.15, 0.2) is 31.5 Å². The third-order valence-electron chi connectivity index (χ3n) is 23.6. The van der Waals surface area contributed by atoms with Crippen LogP contribution in [0.3, 0.4) is 0 Å². The van der Waals surface area contributed by atoms with Crippen LogP contribution in [0.15, 0.2) is 0 Å². The third kappa shape index (κ3) is 9.75. The molecule has 0 amide bonds. The largest absolute Gasteiger partial charge is 0.394 e. The van der Waals surface area contributed by atoms with Gasteiger partial charge in [-0.05, 0) is 104 Å². The number of ether oxygens (including phenoxy) is 11. The van der Waals surface area contributed by atoms with E-state index in [4.69, 9.17) is 52.1 Å². The molecule has 0 aromatic rings. The minimum absolute atomic E-state index is 0.134. The van der Waals surface area contributed by atoms with Crippen LogP contribution in [0.4, 0.5) is 0 Å². The molecule has 6 saturated heterocycles. The van der Waals surface area contributed by atoms with E-state index in [1.165, 1.54) is 0 Å². The van der Waals surface area contributed by atoms with Crippen molar-refractivity contribution in [1.82, 2.24) is 0 Å². The highest BCUT2D eigenvalue weighted by atomic mass is 16.8. The number of aliphatic hydroxyl groups excluding tert-OH is 14. The number of fused-ring (bicyclic) bond motifs is 4. The van der Waals surface area contributed by atoms with Gasteiger partial charge >= 0.3 is 0 Å². The molecule has 82 heavy (non-hydrogen) atoms. The minimum Gasteiger partial charge on any atom is -0.394 e. The first-order valence-corrected chi connectivity index (χ1v) is 30.0. The van der Waals surface area contributed by atoms with Gasteiger partial charge in [0.05, 0.1) is 57.5 Å². The quantitative estimate of drug-likeness (QED) is 0.0891. The second-order valence-corrected chi connectivity index (χ2v) is 28.6. The van der Waals surface area contributed by atoms with Gasteiger partial charge in [0.1, 0.15) is 104 Å². The molecule has 0 unspecified atom stereocenters. The molecule has 2 bridgehead atoms. The summed E-state index contributed by atoms with van der Waals surface area (Å²) in [5.74, 6) is 0.704. The maximum atomic E-state index is 12.6. The van der Waals surface area contributed by atoms with Crippen molar-refractivity contribution in [3.05, 3.63) is 0 Å². The summed E-state index contributed by atoms with van der Waals surface area (Å²) < 4.78 is 68.3. The summed E-state index contributed by atoms with van der Waals surface area (Å²) in [5.41, 5.74) is -1.52. The van der Waals surface area contributed by atoms with Crippen molar-refractivity contribution in [3.63, 3.8) is 0 Å². The molecule has 0 aromatic carbocycles. The van der Waals surface area contributed by atoms with E-state index in [1.807, 2.05) is 0 Å². The summed E-state index contributed by atoms with van der Waals surface area (Å²) in [4.78, 5) is 0. The Bertz CT molecular complexity index is 2230. The zero-order chi connectivity index (χ0) is 59.2. The molecule has 6 heterocycles. The van der Waals surface area contributed by atoms with Crippen LogP contribution in [0, 0.1) is 50.2 Å². The molecular formula is C57H94O25. The Balaban J connectivity index is 0.851. The standard InChI is InChI=1S/C57H94O25/c1-51(2)14-15-56-23-75-57(31(56)16-51)13-9-30-53(5)11-10-33(52(3,4)29(53)8-12-54(30,6)55(57,7)17-32(56)62)79-49-44(82-48-41(70)38(67)36(65)26(18-58)76-48)37(66)28(22-74-49)78-50-45(81-47-40(69)35(64)25(61)21-73-47)42(71)43(27(19-59)77-50)80-46-39(68)34(63)24(60)20-72-46/h24-50,58-71H,8-23H2,1-7H3/t24-,25-,26-,27-,28+,29+,30-,31-,32-,33+,34+,35+,36-,37+,38+,39-,40-,41-,42+,43-,44-,45-,46+,47+,48+,49+,50+,53+,54-,55+,56-,57+/m1/s1. The molecule has 5 aliphatic carbocycles. The molecule has 11 rings (SSSR count). The second kappa shape index (κ2) is 22.5. The smallest absolute Gasteiger partial charge is 0.187 e. The number of hydrogen-bond donors (Lipinski definition) is 14. The van der Waals surface area contributed by atoms with E-state index >= 15 is 0 Å². The van der Waals surface area contributed by atoms with E-state index in [9.17, 15) is 71.5 Å². The Morgan fingerprint density at radius 1 is 0.451 bits per heavy atom. The highest BCUT2D eigenvalue weighted by Gasteiger charge is 2.80. The van der Waals surface area contributed by atoms with Crippen LogP contribution in [0.25, 0.3) is 0 Å². The van der Waals surface area contributed by atoms with Crippen LogP contribution in [0.2, 0.25) is 0 Å². The van der Waals surface area contributed by atoms with E-state index in [0.29, 0.717) is 25.4 Å². The lowest BCUT2D eigenvalue weighted by atomic mass is 9.30. The van der Waals surface area contributed by atoms with Crippen molar-refractivity contribution in [2.24, 2.45) is 50.2 Å². The monoisotopic (exact) mass is 1180 g/mol. The predicted octanol–water partition coefficient (Wildman–Crippen LogP) is -2.61. The molecule has 5 saturated carbocycles. The lowest BCUT2D eigenvalue weighted by molar-refractivity contribution is -0.400. The first-order chi connectivity index (χ1) is 38.5. The summed E-state index contributed by atoms with van der Waals surface area (Å²) in [5, 5.41) is 154. The van der Waals surface area contributed by atoms with Gasteiger partial charge in [-0.2, -0.15) is 0 Å². The summed E-state index contributed by atoms with van der Waals surface area (Å²) >= 11 is 0. The summed E-state index contributed by atoms with van der Waals surface area (Å²) in [6, 6.07) is 0. The maximum absolute atomic E-state index is 12.6. The molecule has 14 N–H and O–H groups in total. The minimum atomic E-state index is -1.96. The average molecular weight is 1180 g/mol. The van der Waals surface area contributed by atoms with Crippen LogP contribution < -0.4 is 0 Å². The molecule has 25 nitrogen and oxygen atoms in total. The maximum Gasteiger partial charge on any atom is 0.187 e. The van der Waals surface area contributed by atoms with Crippen molar-refractivity contribution < 1.29 is 124 Å². The van der Waals surface area contributed by atoms with Gasteiger partial charge in [-0.15, -0.1) is 0 Å². The van der Waals surface area contributed by atoms with Gasteiger partial charge in [-0.1, -0.05) is 48.5 Å². The van der Waals surface area contributed by atoms with Crippen molar-refractivity contribution in [1.29, 1.82) is 0 Å². The lowest BCUT2D eigenvalue weighted by Crippen LogP contribution is -2.74. The van der Waals surface area contributed by atoms with Gasteiger partial charge in [-0.3, -0.25) is 0 Å². The van der Waals surface area contributed by atoms with E-state index in [-0.39, 0.29) is 44.5 Å². The van der Waals surface area contributed by atoms with Gasteiger partial charge < -0.3 is 124 Å². The predicted molar refractivity (Wildman–Crippen MR) is 277 cm³/mol. The zero-order valence-corrected chi connectivity index (χ0v) is 48.2. The molecule has 32 atom stereocenters.